The first-order valence-electron chi connectivity index (χ1n) is 5.93. The lowest BCUT2D eigenvalue weighted by atomic mass is 9.92. The number of nitrogens with one attached hydrogen (secondary N) is 1. The minimum absolute atomic E-state index is 0.654. The predicted octanol–water partition coefficient (Wildman–Crippen LogP) is 1.71. The fourth-order valence-corrected chi connectivity index (χ4v) is 2.76. The first-order valence-corrected chi connectivity index (χ1v) is 5.93. The smallest absolute Gasteiger partial charge is 0.164 e. The van der Waals surface area contributed by atoms with Gasteiger partial charge in [0.1, 0.15) is 0 Å². The van der Waals surface area contributed by atoms with E-state index in [9.17, 15) is 0 Å². The Bertz CT molecular complexity index is 397. The van der Waals surface area contributed by atoms with E-state index in [1.54, 1.807) is 7.11 Å². The van der Waals surface area contributed by atoms with E-state index in [0.29, 0.717) is 5.92 Å². The lowest BCUT2D eigenvalue weighted by molar-refractivity contribution is 0.326. The molecule has 1 aromatic rings. The molecule has 1 fully saturated rings. The average molecular weight is 219 g/mol. The largest absolute Gasteiger partial charge is 0.493 e. The number of hydrogen-bond acceptors (Lipinski definition) is 3. The second-order valence-corrected chi connectivity index (χ2v) is 4.45. The highest BCUT2D eigenvalue weighted by molar-refractivity contribution is 5.54. The van der Waals surface area contributed by atoms with Crippen LogP contribution in [-0.4, -0.2) is 26.8 Å². The Morgan fingerprint density at radius 2 is 2.38 bits per heavy atom. The highest BCUT2D eigenvalue weighted by Crippen LogP contribution is 2.41. The molecule has 0 spiro atoms. The summed E-state index contributed by atoms with van der Waals surface area (Å²) in [5.41, 5.74) is 2.83. The second-order valence-electron chi connectivity index (χ2n) is 4.45. The molecule has 86 valence electrons. The van der Waals surface area contributed by atoms with Crippen LogP contribution in [0.3, 0.4) is 0 Å². The molecule has 2 aliphatic heterocycles. The van der Waals surface area contributed by atoms with Gasteiger partial charge < -0.3 is 14.8 Å². The monoisotopic (exact) mass is 219 g/mol. The standard InChI is InChI=1S/C13H17NO2/c1-15-12-3-2-10(9-4-6-14-8-9)11-5-7-16-13(11)12/h2-3,9,14H,4-8H2,1H3. The zero-order valence-corrected chi connectivity index (χ0v) is 9.58. The van der Waals surface area contributed by atoms with E-state index < -0.39 is 0 Å². The predicted molar refractivity (Wildman–Crippen MR) is 62.4 cm³/mol. The maximum Gasteiger partial charge on any atom is 0.164 e. The van der Waals surface area contributed by atoms with Crippen molar-refractivity contribution in [1.82, 2.24) is 5.32 Å². The van der Waals surface area contributed by atoms with Gasteiger partial charge in [-0.1, -0.05) is 6.07 Å². The Morgan fingerprint density at radius 1 is 1.44 bits per heavy atom. The Balaban J connectivity index is 2.03. The van der Waals surface area contributed by atoms with Crippen LogP contribution >= 0.6 is 0 Å². The number of fused-ring (bicyclic) bond motifs is 1. The van der Waals surface area contributed by atoms with Crippen molar-refractivity contribution in [3.05, 3.63) is 23.3 Å². The molecule has 1 aromatic carbocycles. The van der Waals surface area contributed by atoms with E-state index in [-0.39, 0.29) is 0 Å². The summed E-state index contributed by atoms with van der Waals surface area (Å²) in [4.78, 5) is 0. The number of benzene rings is 1. The topological polar surface area (TPSA) is 30.5 Å². The third-order valence-electron chi connectivity index (χ3n) is 3.58. The fraction of sp³-hybridized carbons (Fsp3) is 0.538. The molecule has 0 aliphatic carbocycles. The fourth-order valence-electron chi connectivity index (χ4n) is 2.76. The van der Waals surface area contributed by atoms with Crippen molar-refractivity contribution < 1.29 is 9.47 Å². The Morgan fingerprint density at radius 3 is 3.12 bits per heavy atom. The summed E-state index contributed by atoms with van der Waals surface area (Å²) in [6, 6.07) is 4.25. The minimum Gasteiger partial charge on any atom is -0.493 e. The molecular formula is C13H17NO2. The van der Waals surface area contributed by atoms with Crippen molar-refractivity contribution in [1.29, 1.82) is 0 Å². The molecule has 1 N–H and O–H groups in total. The molecular weight excluding hydrogens is 202 g/mol. The molecule has 1 atom stereocenters. The average Bonchev–Trinajstić information content (AvgIpc) is 2.98. The van der Waals surface area contributed by atoms with Gasteiger partial charge in [0.05, 0.1) is 13.7 Å². The molecule has 3 nitrogen and oxygen atoms in total. The Labute approximate surface area is 95.8 Å². The molecule has 0 bridgehead atoms. The number of rotatable bonds is 2. The molecule has 2 aliphatic rings. The normalized spacial score (nSPS) is 22.9. The van der Waals surface area contributed by atoms with Crippen LogP contribution in [0.5, 0.6) is 11.5 Å². The maximum atomic E-state index is 5.68. The van der Waals surface area contributed by atoms with Crippen LogP contribution in [0.2, 0.25) is 0 Å². The summed E-state index contributed by atoms with van der Waals surface area (Å²) >= 11 is 0. The molecule has 3 heteroatoms. The van der Waals surface area contributed by atoms with E-state index in [2.05, 4.69) is 11.4 Å². The molecule has 0 aromatic heterocycles. The van der Waals surface area contributed by atoms with Crippen molar-refractivity contribution in [2.45, 2.75) is 18.8 Å². The maximum absolute atomic E-state index is 5.68. The summed E-state index contributed by atoms with van der Waals surface area (Å²) in [5, 5.41) is 3.42. The molecule has 2 heterocycles. The molecule has 3 rings (SSSR count). The summed E-state index contributed by atoms with van der Waals surface area (Å²) in [5.74, 6) is 2.51. The third-order valence-corrected chi connectivity index (χ3v) is 3.58. The zero-order chi connectivity index (χ0) is 11.0. The van der Waals surface area contributed by atoms with E-state index in [0.717, 1.165) is 37.6 Å². The minimum atomic E-state index is 0.654. The highest BCUT2D eigenvalue weighted by Gasteiger charge is 2.26. The van der Waals surface area contributed by atoms with Crippen LogP contribution in [0.25, 0.3) is 0 Å². The van der Waals surface area contributed by atoms with Gasteiger partial charge in [-0.3, -0.25) is 0 Å². The van der Waals surface area contributed by atoms with Crippen LogP contribution in [-0.2, 0) is 6.42 Å². The van der Waals surface area contributed by atoms with Gasteiger partial charge in [0.2, 0.25) is 0 Å². The van der Waals surface area contributed by atoms with Gasteiger partial charge in [0.15, 0.2) is 11.5 Å². The molecule has 0 saturated carbocycles. The Kier molecular flexibility index (Phi) is 2.48. The van der Waals surface area contributed by atoms with Crippen molar-refractivity contribution in [3.63, 3.8) is 0 Å². The van der Waals surface area contributed by atoms with Crippen molar-refractivity contribution in [3.8, 4) is 11.5 Å². The summed E-state index contributed by atoms with van der Waals surface area (Å²) in [6.45, 7) is 3.02. The van der Waals surface area contributed by atoms with Gasteiger partial charge in [-0.2, -0.15) is 0 Å². The quantitative estimate of drug-likeness (QED) is 0.821. The highest BCUT2D eigenvalue weighted by atomic mass is 16.5. The van der Waals surface area contributed by atoms with Crippen molar-refractivity contribution in [2.75, 3.05) is 26.8 Å². The van der Waals surface area contributed by atoms with Gasteiger partial charge in [-0.15, -0.1) is 0 Å². The lowest BCUT2D eigenvalue weighted by Crippen LogP contribution is -2.09. The summed E-state index contributed by atoms with van der Waals surface area (Å²) in [7, 11) is 1.70. The van der Waals surface area contributed by atoms with Crippen LogP contribution in [0.4, 0.5) is 0 Å². The van der Waals surface area contributed by atoms with E-state index in [1.165, 1.54) is 17.5 Å². The van der Waals surface area contributed by atoms with Gasteiger partial charge in [0, 0.05) is 18.5 Å². The van der Waals surface area contributed by atoms with Gasteiger partial charge >= 0.3 is 0 Å². The summed E-state index contributed by atoms with van der Waals surface area (Å²) in [6.07, 6.45) is 2.26. The summed E-state index contributed by atoms with van der Waals surface area (Å²) < 4.78 is 11.0. The van der Waals surface area contributed by atoms with Crippen LogP contribution in [0.1, 0.15) is 23.5 Å². The third kappa shape index (κ3) is 1.47. The van der Waals surface area contributed by atoms with Gasteiger partial charge in [-0.25, -0.2) is 0 Å². The van der Waals surface area contributed by atoms with E-state index >= 15 is 0 Å². The van der Waals surface area contributed by atoms with Gasteiger partial charge in [0.25, 0.3) is 0 Å². The second kappa shape index (κ2) is 3.98. The lowest BCUT2D eigenvalue weighted by Gasteiger charge is -2.15. The van der Waals surface area contributed by atoms with Crippen LogP contribution in [0, 0.1) is 0 Å². The van der Waals surface area contributed by atoms with E-state index in [4.69, 9.17) is 9.47 Å². The van der Waals surface area contributed by atoms with E-state index in [1.807, 2.05) is 6.07 Å². The first-order chi connectivity index (χ1) is 7.90. The Hall–Kier alpha value is -1.22. The van der Waals surface area contributed by atoms with Crippen LogP contribution < -0.4 is 14.8 Å². The van der Waals surface area contributed by atoms with Gasteiger partial charge in [-0.05, 0) is 30.5 Å². The van der Waals surface area contributed by atoms with Crippen molar-refractivity contribution >= 4 is 0 Å². The SMILES string of the molecule is COc1ccc(C2CCNC2)c2c1OCC2. The number of hydrogen-bond donors (Lipinski definition) is 1. The molecule has 0 amide bonds. The molecule has 0 radical (unpaired) electrons. The van der Waals surface area contributed by atoms with Crippen molar-refractivity contribution in [2.24, 2.45) is 0 Å². The van der Waals surface area contributed by atoms with Crippen LogP contribution in [0.15, 0.2) is 12.1 Å². The number of methoxy groups -OCH3 is 1. The molecule has 1 unspecified atom stereocenters. The molecule has 1 saturated heterocycles. The number of ether oxygens (including phenoxy) is 2. The molecule has 16 heavy (non-hydrogen) atoms. The first kappa shape index (κ1) is 9.97. The zero-order valence-electron chi connectivity index (χ0n) is 9.58.